The number of hydrogen-bond acceptors (Lipinski definition) is 2. The molecular weight excluding hydrogens is 276 g/mol. The van der Waals surface area contributed by atoms with Gasteiger partial charge in [0.2, 0.25) is 0 Å². The largest absolute Gasteiger partial charge is 0.388 e. The molecule has 4 heteroatoms. The molecule has 22 heavy (non-hydrogen) atoms. The average Bonchev–Trinajstić information content (AvgIpc) is 3.28. The van der Waals surface area contributed by atoms with Crippen LogP contribution in [-0.4, -0.2) is 29.3 Å². The van der Waals surface area contributed by atoms with Crippen molar-refractivity contribution in [1.29, 1.82) is 0 Å². The fourth-order valence-corrected chi connectivity index (χ4v) is 3.38. The van der Waals surface area contributed by atoms with Gasteiger partial charge in [-0.1, -0.05) is 43.2 Å². The minimum Gasteiger partial charge on any atom is -0.388 e. The van der Waals surface area contributed by atoms with E-state index in [1.165, 1.54) is 18.4 Å². The van der Waals surface area contributed by atoms with E-state index in [0.29, 0.717) is 12.5 Å². The number of rotatable bonds is 6. The molecule has 4 nitrogen and oxygen atoms in total. The summed E-state index contributed by atoms with van der Waals surface area (Å²) >= 11 is 0. The summed E-state index contributed by atoms with van der Waals surface area (Å²) in [4.78, 5) is 12.1. The second kappa shape index (κ2) is 6.69. The summed E-state index contributed by atoms with van der Waals surface area (Å²) in [5, 5.41) is 16.3. The first-order valence-electron chi connectivity index (χ1n) is 8.45. The van der Waals surface area contributed by atoms with Gasteiger partial charge in [-0.2, -0.15) is 0 Å². The highest BCUT2D eigenvalue weighted by Gasteiger charge is 2.34. The van der Waals surface area contributed by atoms with Crippen LogP contribution in [0.5, 0.6) is 0 Å². The minimum atomic E-state index is -0.689. The van der Waals surface area contributed by atoms with Crippen molar-refractivity contribution in [3.63, 3.8) is 0 Å². The lowest BCUT2D eigenvalue weighted by atomic mass is 10.0. The number of carbonyl (C=O) groups is 1. The van der Waals surface area contributed by atoms with Gasteiger partial charge in [0.1, 0.15) is 0 Å². The Morgan fingerprint density at radius 3 is 2.55 bits per heavy atom. The molecule has 1 atom stereocenters. The van der Waals surface area contributed by atoms with Crippen LogP contribution in [0.15, 0.2) is 30.3 Å². The van der Waals surface area contributed by atoms with Crippen molar-refractivity contribution in [1.82, 2.24) is 10.6 Å². The first-order valence-corrected chi connectivity index (χ1v) is 8.45. The lowest BCUT2D eigenvalue weighted by Gasteiger charge is -2.24. The Kier molecular flexibility index (Phi) is 4.67. The zero-order valence-electron chi connectivity index (χ0n) is 13.1. The second-order valence-corrected chi connectivity index (χ2v) is 6.89. The van der Waals surface area contributed by atoms with E-state index in [9.17, 15) is 9.90 Å². The Morgan fingerprint density at radius 1 is 1.23 bits per heavy atom. The molecule has 0 bridgehead atoms. The highest BCUT2D eigenvalue weighted by Crippen LogP contribution is 2.34. The van der Waals surface area contributed by atoms with Gasteiger partial charge in [0.15, 0.2) is 0 Å². The van der Waals surface area contributed by atoms with Crippen LogP contribution in [0, 0.1) is 5.92 Å². The van der Waals surface area contributed by atoms with Gasteiger partial charge >= 0.3 is 6.03 Å². The van der Waals surface area contributed by atoms with Crippen LogP contribution in [0.4, 0.5) is 4.79 Å². The van der Waals surface area contributed by atoms with Crippen LogP contribution in [0.1, 0.15) is 44.1 Å². The first-order chi connectivity index (χ1) is 10.6. The van der Waals surface area contributed by atoms with Crippen LogP contribution in [0.25, 0.3) is 0 Å². The topological polar surface area (TPSA) is 61.4 Å². The fourth-order valence-electron chi connectivity index (χ4n) is 3.38. The minimum absolute atomic E-state index is 0.145. The summed E-state index contributed by atoms with van der Waals surface area (Å²) in [6.45, 7) is 0.363. The van der Waals surface area contributed by atoms with E-state index in [4.69, 9.17) is 0 Å². The molecule has 1 unspecified atom stereocenters. The maximum Gasteiger partial charge on any atom is 0.315 e. The molecule has 2 saturated carbocycles. The average molecular weight is 302 g/mol. The van der Waals surface area contributed by atoms with E-state index in [-0.39, 0.29) is 12.1 Å². The van der Waals surface area contributed by atoms with Crippen LogP contribution in [0.2, 0.25) is 0 Å². The molecule has 0 spiro atoms. The molecule has 0 aromatic heterocycles. The third-order valence-electron chi connectivity index (χ3n) is 4.92. The van der Waals surface area contributed by atoms with Crippen molar-refractivity contribution in [3.8, 4) is 0 Å². The van der Waals surface area contributed by atoms with Crippen molar-refractivity contribution in [3.05, 3.63) is 35.9 Å². The lowest BCUT2D eigenvalue weighted by molar-refractivity contribution is 0.0500. The van der Waals surface area contributed by atoms with E-state index in [1.807, 2.05) is 18.2 Å². The van der Waals surface area contributed by atoms with Crippen LogP contribution < -0.4 is 10.6 Å². The highest BCUT2D eigenvalue weighted by atomic mass is 16.3. The van der Waals surface area contributed by atoms with Crippen molar-refractivity contribution in [2.75, 3.05) is 6.54 Å². The number of urea groups is 1. The summed E-state index contributed by atoms with van der Waals surface area (Å²) in [7, 11) is 0. The van der Waals surface area contributed by atoms with E-state index >= 15 is 0 Å². The van der Waals surface area contributed by atoms with Crippen LogP contribution in [0.3, 0.4) is 0 Å². The predicted molar refractivity (Wildman–Crippen MR) is 86.6 cm³/mol. The van der Waals surface area contributed by atoms with Crippen molar-refractivity contribution < 1.29 is 9.90 Å². The Labute approximate surface area is 132 Å². The second-order valence-electron chi connectivity index (χ2n) is 6.89. The molecule has 0 heterocycles. The number of carbonyl (C=O) groups excluding carboxylic acids is 1. The maximum atomic E-state index is 12.1. The summed E-state index contributed by atoms with van der Waals surface area (Å²) in [5.41, 5.74) is 0.570. The van der Waals surface area contributed by atoms with E-state index in [1.54, 1.807) is 0 Å². The van der Waals surface area contributed by atoms with E-state index < -0.39 is 5.60 Å². The molecule has 120 valence electrons. The molecule has 0 saturated heterocycles. The Bertz CT molecular complexity index is 493. The highest BCUT2D eigenvalue weighted by molar-refractivity contribution is 5.74. The van der Waals surface area contributed by atoms with Crippen molar-refractivity contribution in [2.24, 2.45) is 5.92 Å². The van der Waals surface area contributed by atoms with Crippen molar-refractivity contribution in [2.45, 2.75) is 56.6 Å². The van der Waals surface area contributed by atoms with Crippen LogP contribution in [-0.2, 0) is 6.42 Å². The summed E-state index contributed by atoms with van der Waals surface area (Å²) < 4.78 is 0. The maximum absolute atomic E-state index is 12.1. The normalized spacial score (nSPS) is 21.3. The standard InChI is InChI=1S/C18H26N2O2/c21-17(19-13-18(22)10-4-5-11-18)20-16(15-8-9-15)12-14-6-2-1-3-7-14/h1-3,6-7,15-16,22H,4-5,8-13H2,(H2,19,20,21). The number of benzene rings is 1. The van der Waals surface area contributed by atoms with Crippen LogP contribution >= 0.6 is 0 Å². The molecule has 1 aromatic carbocycles. The molecule has 2 aliphatic rings. The Hall–Kier alpha value is -1.55. The van der Waals surface area contributed by atoms with Gasteiger partial charge in [-0.05, 0) is 43.6 Å². The lowest BCUT2D eigenvalue weighted by Crippen LogP contribution is -2.49. The predicted octanol–water partition coefficient (Wildman–Crippen LogP) is 2.61. The van der Waals surface area contributed by atoms with Gasteiger partial charge in [-0.3, -0.25) is 0 Å². The summed E-state index contributed by atoms with van der Waals surface area (Å²) in [6.07, 6.45) is 6.97. The number of nitrogens with one attached hydrogen (secondary N) is 2. The van der Waals surface area contributed by atoms with Gasteiger partial charge in [0.05, 0.1) is 5.60 Å². The van der Waals surface area contributed by atoms with Gasteiger partial charge in [-0.25, -0.2) is 4.79 Å². The molecule has 0 radical (unpaired) electrons. The molecular formula is C18H26N2O2. The van der Waals surface area contributed by atoms with E-state index in [2.05, 4.69) is 22.8 Å². The quantitative estimate of drug-likeness (QED) is 0.756. The molecule has 3 N–H and O–H groups in total. The number of hydrogen-bond donors (Lipinski definition) is 3. The fraction of sp³-hybridized carbons (Fsp3) is 0.611. The summed E-state index contributed by atoms with van der Waals surface area (Å²) in [6, 6.07) is 10.3. The number of aliphatic hydroxyl groups is 1. The molecule has 2 aliphatic carbocycles. The molecule has 2 amide bonds. The Balaban J connectivity index is 1.49. The molecule has 0 aliphatic heterocycles. The zero-order valence-corrected chi connectivity index (χ0v) is 13.1. The molecule has 1 aromatic rings. The number of amides is 2. The van der Waals surface area contributed by atoms with Gasteiger partial charge < -0.3 is 15.7 Å². The smallest absolute Gasteiger partial charge is 0.315 e. The zero-order chi connectivity index (χ0) is 15.4. The van der Waals surface area contributed by atoms with E-state index in [0.717, 1.165) is 32.1 Å². The van der Waals surface area contributed by atoms with Gasteiger partial charge in [-0.15, -0.1) is 0 Å². The summed E-state index contributed by atoms with van der Waals surface area (Å²) in [5.74, 6) is 0.598. The van der Waals surface area contributed by atoms with Gasteiger partial charge in [0, 0.05) is 12.6 Å². The third-order valence-corrected chi connectivity index (χ3v) is 4.92. The SMILES string of the molecule is O=C(NCC1(O)CCCC1)NC(Cc1ccccc1)C1CC1. The first kappa shape index (κ1) is 15.3. The van der Waals surface area contributed by atoms with Crippen molar-refractivity contribution >= 4 is 6.03 Å². The third kappa shape index (κ3) is 4.23. The monoisotopic (exact) mass is 302 g/mol. The molecule has 2 fully saturated rings. The Morgan fingerprint density at radius 2 is 1.91 bits per heavy atom. The molecule has 3 rings (SSSR count). The van der Waals surface area contributed by atoms with Gasteiger partial charge in [0.25, 0.3) is 0 Å².